The van der Waals surface area contributed by atoms with Crippen molar-refractivity contribution in [1.82, 2.24) is 0 Å². The van der Waals surface area contributed by atoms with Crippen molar-refractivity contribution >= 4 is 29.0 Å². The Morgan fingerprint density at radius 1 is 1.45 bits per heavy atom. The minimum Gasteiger partial charge on any atom is -0.381 e. The number of rotatable bonds is 5. The van der Waals surface area contributed by atoms with Crippen molar-refractivity contribution in [3.05, 3.63) is 24.3 Å². The number of amides is 1. The molecule has 4 nitrogen and oxygen atoms in total. The quantitative estimate of drug-likeness (QED) is 0.876. The van der Waals surface area contributed by atoms with Crippen molar-refractivity contribution in [2.75, 3.05) is 30.1 Å². The number of nitrogens with one attached hydrogen (secondary N) is 2. The summed E-state index contributed by atoms with van der Waals surface area (Å²) >= 11 is 2.02. The van der Waals surface area contributed by atoms with Crippen molar-refractivity contribution < 1.29 is 9.53 Å². The minimum absolute atomic E-state index is 0.0773. The zero-order chi connectivity index (χ0) is 14.4. The van der Waals surface area contributed by atoms with Crippen LogP contribution in [0.25, 0.3) is 0 Å². The number of carbonyl (C=O) groups excluding carboxylic acids is 1. The fourth-order valence-corrected chi connectivity index (χ4v) is 3.48. The van der Waals surface area contributed by atoms with Gasteiger partial charge in [0.1, 0.15) is 6.61 Å². The largest absolute Gasteiger partial charge is 0.381 e. The smallest absolute Gasteiger partial charge is 0.250 e. The molecular weight excluding hydrogens is 272 g/mol. The lowest BCUT2D eigenvalue weighted by atomic mass is 10.1. The van der Waals surface area contributed by atoms with Crippen LogP contribution in [0.1, 0.15) is 19.8 Å². The number of hydrogen-bond donors (Lipinski definition) is 2. The average Bonchev–Trinajstić information content (AvgIpc) is 2.42. The van der Waals surface area contributed by atoms with E-state index in [0.29, 0.717) is 11.3 Å². The third kappa shape index (κ3) is 4.42. The van der Waals surface area contributed by atoms with Crippen LogP contribution in [-0.2, 0) is 9.53 Å². The van der Waals surface area contributed by atoms with Gasteiger partial charge in [-0.3, -0.25) is 4.79 Å². The highest BCUT2D eigenvalue weighted by Gasteiger charge is 2.21. The summed E-state index contributed by atoms with van der Waals surface area (Å²) in [6.07, 6.45) is 2.46. The molecule has 5 heteroatoms. The molecule has 1 aliphatic rings. The lowest BCUT2D eigenvalue weighted by molar-refractivity contribution is -0.119. The van der Waals surface area contributed by atoms with Crippen LogP contribution in [-0.4, -0.2) is 36.7 Å². The highest BCUT2D eigenvalue weighted by Crippen LogP contribution is 2.28. The Hall–Kier alpha value is -1.20. The van der Waals surface area contributed by atoms with E-state index in [1.54, 1.807) is 0 Å². The second-order valence-electron chi connectivity index (χ2n) is 5.03. The molecule has 0 bridgehead atoms. The van der Waals surface area contributed by atoms with Crippen LogP contribution in [0.5, 0.6) is 0 Å². The SMILES string of the molecule is COCC(=O)Nc1cccc(NC2CCCSC2C)c1. The van der Waals surface area contributed by atoms with Crippen LogP contribution in [0.4, 0.5) is 11.4 Å². The Morgan fingerprint density at radius 2 is 2.25 bits per heavy atom. The first-order valence-corrected chi connectivity index (χ1v) is 8.01. The van der Waals surface area contributed by atoms with Crippen molar-refractivity contribution in [1.29, 1.82) is 0 Å². The van der Waals surface area contributed by atoms with E-state index in [4.69, 9.17) is 4.74 Å². The van der Waals surface area contributed by atoms with Crippen molar-refractivity contribution in [3.8, 4) is 0 Å². The van der Waals surface area contributed by atoms with Gasteiger partial charge < -0.3 is 15.4 Å². The summed E-state index contributed by atoms with van der Waals surface area (Å²) in [7, 11) is 1.51. The van der Waals surface area contributed by atoms with E-state index in [-0.39, 0.29) is 12.5 Å². The summed E-state index contributed by atoms with van der Waals surface area (Å²) in [5.74, 6) is 1.12. The summed E-state index contributed by atoms with van der Waals surface area (Å²) in [6, 6.07) is 8.35. The van der Waals surface area contributed by atoms with Crippen LogP contribution >= 0.6 is 11.8 Å². The molecule has 2 rings (SSSR count). The van der Waals surface area contributed by atoms with E-state index < -0.39 is 0 Å². The third-order valence-electron chi connectivity index (χ3n) is 3.38. The van der Waals surface area contributed by atoms with Gasteiger partial charge in [-0.15, -0.1) is 0 Å². The number of ether oxygens (including phenoxy) is 1. The fourth-order valence-electron chi connectivity index (χ4n) is 2.34. The highest BCUT2D eigenvalue weighted by molar-refractivity contribution is 8.00. The molecule has 2 unspecified atom stereocenters. The molecule has 1 fully saturated rings. The number of carbonyl (C=O) groups is 1. The van der Waals surface area contributed by atoms with Gasteiger partial charge in [0.15, 0.2) is 0 Å². The molecule has 2 N–H and O–H groups in total. The minimum atomic E-state index is -0.133. The van der Waals surface area contributed by atoms with Crippen LogP contribution in [0.3, 0.4) is 0 Å². The van der Waals surface area contributed by atoms with E-state index in [2.05, 4.69) is 17.6 Å². The molecule has 1 heterocycles. The molecule has 1 amide bonds. The second-order valence-corrected chi connectivity index (χ2v) is 6.52. The van der Waals surface area contributed by atoms with E-state index in [1.807, 2.05) is 36.0 Å². The number of benzene rings is 1. The lowest BCUT2D eigenvalue weighted by Gasteiger charge is -2.30. The molecular formula is C15H22N2O2S. The van der Waals surface area contributed by atoms with Gasteiger partial charge in [0.05, 0.1) is 0 Å². The number of methoxy groups -OCH3 is 1. The standard InChI is InChI=1S/C15H22N2O2S/c1-11-14(7-4-8-20-11)16-12-5-3-6-13(9-12)17-15(18)10-19-2/h3,5-6,9,11,14,16H,4,7-8,10H2,1-2H3,(H,17,18). The molecule has 0 radical (unpaired) electrons. The van der Waals surface area contributed by atoms with Gasteiger partial charge in [0.2, 0.25) is 5.91 Å². The Kier molecular flexibility index (Phi) is 5.73. The predicted octanol–water partition coefficient (Wildman–Crippen LogP) is 2.97. The van der Waals surface area contributed by atoms with Gasteiger partial charge in [-0.2, -0.15) is 11.8 Å². The maximum absolute atomic E-state index is 11.5. The Balaban J connectivity index is 1.96. The molecule has 2 atom stereocenters. The molecule has 1 aliphatic heterocycles. The van der Waals surface area contributed by atoms with Gasteiger partial charge in [0.25, 0.3) is 0 Å². The summed E-state index contributed by atoms with van der Waals surface area (Å²) in [4.78, 5) is 11.5. The van der Waals surface area contributed by atoms with Crippen molar-refractivity contribution in [2.24, 2.45) is 0 Å². The summed E-state index contributed by atoms with van der Waals surface area (Å²) in [5, 5.41) is 7.02. The first-order valence-electron chi connectivity index (χ1n) is 6.96. The molecule has 110 valence electrons. The first-order chi connectivity index (χ1) is 9.69. The zero-order valence-electron chi connectivity index (χ0n) is 12.0. The maximum atomic E-state index is 11.5. The van der Waals surface area contributed by atoms with Crippen LogP contribution in [0.2, 0.25) is 0 Å². The maximum Gasteiger partial charge on any atom is 0.250 e. The molecule has 0 spiro atoms. The summed E-state index contributed by atoms with van der Waals surface area (Å²) in [6.45, 7) is 2.35. The number of hydrogen-bond acceptors (Lipinski definition) is 4. The molecule has 0 aliphatic carbocycles. The summed E-state index contributed by atoms with van der Waals surface area (Å²) < 4.78 is 4.81. The van der Waals surface area contributed by atoms with Gasteiger partial charge in [-0.05, 0) is 36.8 Å². The Morgan fingerprint density at radius 3 is 3.00 bits per heavy atom. The Labute approximate surface area is 124 Å². The van der Waals surface area contributed by atoms with Crippen molar-refractivity contribution in [3.63, 3.8) is 0 Å². The first kappa shape index (κ1) is 15.2. The lowest BCUT2D eigenvalue weighted by Crippen LogP contribution is -2.32. The second kappa shape index (κ2) is 7.55. The number of thioether (sulfide) groups is 1. The van der Waals surface area contributed by atoms with Crippen molar-refractivity contribution in [2.45, 2.75) is 31.1 Å². The number of anilines is 2. The monoisotopic (exact) mass is 294 g/mol. The third-order valence-corrected chi connectivity index (χ3v) is 4.76. The van der Waals surface area contributed by atoms with E-state index in [1.165, 1.54) is 25.7 Å². The topological polar surface area (TPSA) is 50.4 Å². The molecule has 1 saturated heterocycles. The fraction of sp³-hybridized carbons (Fsp3) is 0.533. The predicted molar refractivity (Wildman–Crippen MR) is 85.5 cm³/mol. The van der Waals surface area contributed by atoms with E-state index in [0.717, 1.165) is 11.4 Å². The summed E-state index contributed by atoms with van der Waals surface area (Å²) in [5.41, 5.74) is 1.85. The van der Waals surface area contributed by atoms with Crippen LogP contribution < -0.4 is 10.6 Å². The van der Waals surface area contributed by atoms with E-state index >= 15 is 0 Å². The van der Waals surface area contributed by atoms with Gasteiger partial charge in [0, 0.05) is 29.8 Å². The van der Waals surface area contributed by atoms with Crippen LogP contribution in [0.15, 0.2) is 24.3 Å². The average molecular weight is 294 g/mol. The molecule has 1 aromatic carbocycles. The molecule has 20 heavy (non-hydrogen) atoms. The van der Waals surface area contributed by atoms with Gasteiger partial charge in [-0.25, -0.2) is 0 Å². The van der Waals surface area contributed by atoms with Crippen LogP contribution in [0, 0.1) is 0 Å². The molecule has 1 aromatic rings. The molecule has 0 saturated carbocycles. The molecule has 0 aromatic heterocycles. The normalized spacial score (nSPS) is 22.3. The zero-order valence-corrected chi connectivity index (χ0v) is 12.8. The highest BCUT2D eigenvalue weighted by atomic mass is 32.2. The van der Waals surface area contributed by atoms with Gasteiger partial charge in [-0.1, -0.05) is 13.0 Å². The van der Waals surface area contributed by atoms with Gasteiger partial charge >= 0.3 is 0 Å². The Bertz CT molecular complexity index is 453. The van der Waals surface area contributed by atoms with E-state index in [9.17, 15) is 4.79 Å².